The quantitative estimate of drug-likeness (QED) is 0.726. The Kier molecular flexibility index (Phi) is 6.79. The van der Waals surface area contributed by atoms with Crippen molar-refractivity contribution in [2.24, 2.45) is 5.41 Å². The first-order valence-electron chi connectivity index (χ1n) is 8.82. The number of piperidine rings is 1. The van der Waals surface area contributed by atoms with Gasteiger partial charge in [-0.05, 0) is 57.0 Å². The molecule has 118 valence electrons. The summed E-state index contributed by atoms with van der Waals surface area (Å²) in [7, 11) is 0. The number of rotatable bonds is 7. The van der Waals surface area contributed by atoms with Crippen LogP contribution in [0.1, 0.15) is 58.8 Å². The van der Waals surface area contributed by atoms with Gasteiger partial charge >= 0.3 is 0 Å². The minimum Gasteiger partial charge on any atom is -0.381 e. The van der Waals surface area contributed by atoms with Crippen LogP contribution >= 0.6 is 0 Å². The lowest BCUT2D eigenvalue weighted by Gasteiger charge is -2.45. The van der Waals surface area contributed by atoms with Crippen molar-refractivity contribution < 1.29 is 4.74 Å². The minimum atomic E-state index is 0.457. The first-order chi connectivity index (χ1) is 9.79. The Hall–Kier alpha value is -0.120. The number of hydrogen-bond acceptors (Lipinski definition) is 3. The molecule has 0 radical (unpaired) electrons. The van der Waals surface area contributed by atoms with E-state index in [1.807, 2.05) is 0 Å². The molecule has 2 fully saturated rings. The highest BCUT2D eigenvalue weighted by Gasteiger charge is 2.36. The number of nitrogens with one attached hydrogen (secondary N) is 1. The third-order valence-corrected chi connectivity index (χ3v) is 5.24. The van der Waals surface area contributed by atoms with Crippen LogP contribution in [-0.4, -0.2) is 50.3 Å². The van der Waals surface area contributed by atoms with E-state index >= 15 is 0 Å². The van der Waals surface area contributed by atoms with E-state index in [4.69, 9.17) is 4.74 Å². The number of nitrogens with zero attached hydrogens (tertiary/aromatic N) is 1. The van der Waals surface area contributed by atoms with E-state index in [1.165, 1.54) is 64.6 Å². The molecule has 2 rings (SSSR count). The van der Waals surface area contributed by atoms with Crippen molar-refractivity contribution in [1.29, 1.82) is 0 Å². The van der Waals surface area contributed by atoms with E-state index in [-0.39, 0.29) is 0 Å². The first-order valence-corrected chi connectivity index (χ1v) is 8.82. The Morgan fingerprint density at radius 3 is 2.70 bits per heavy atom. The first kappa shape index (κ1) is 16.3. The molecular formula is C17H34N2O. The average Bonchev–Trinajstić information content (AvgIpc) is 2.49. The van der Waals surface area contributed by atoms with Crippen LogP contribution < -0.4 is 5.32 Å². The van der Waals surface area contributed by atoms with Gasteiger partial charge in [0.1, 0.15) is 0 Å². The molecule has 2 saturated heterocycles. The van der Waals surface area contributed by atoms with Crippen LogP contribution in [0.2, 0.25) is 0 Å². The predicted molar refractivity (Wildman–Crippen MR) is 85.1 cm³/mol. The molecule has 2 aliphatic rings. The fourth-order valence-electron chi connectivity index (χ4n) is 3.89. The normalized spacial score (nSPS) is 27.6. The van der Waals surface area contributed by atoms with E-state index in [9.17, 15) is 0 Å². The molecule has 2 heterocycles. The summed E-state index contributed by atoms with van der Waals surface area (Å²) in [6.07, 6.45) is 9.24. The van der Waals surface area contributed by atoms with Gasteiger partial charge in [-0.25, -0.2) is 0 Å². The van der Waals surface area contributed by atoms with Crippen molar-refractivity contribution in [3.05, 3.63) is 0 Å². The monoisotopic (exact) mass is 282 g/mol. The highest BCUT2D eigenvalue weighted by Crippen LogP contribution is 2.33. The van der Waals surface area contributed by atoms with Crippen LogP contribution in [0.25, 0.3) is 0 Å². The Balaban J connectivity index is 1.94. The van der Waals surface area contributed by atoms with Gasteiger partial charge in [0.2, 0.25) is 0 Å². The Morgan fingerprint density at radius 2 is 2.00 bits per heavy atom. The second kappa shape index (κ2) is 8.35. The summed E-state index contributed by atoms with van der Waals surface area (Å²) in [4.78, 5) is 2.79. The van der Waals surface area contributed by atoms with Crippen LogP contribution in [-0.2, 0) is 4.74 Å². The van der Waals surface area contributed by atoms with Crippen molar-refractivity contribution in [2.45, 2.75) is 64.8 Å². The third-order valence-electron chi connectivity index (χ3n) is 5.24. The summed E-state index contributed by atoms with van der Waals surface area (Å²) in [5.74, 6) is 0. The molecule has 0 aromatic rings. The highest BCUT2D eigenvalue weighted by atomic mass is 16.5. The largest absolute Gasteiger partial charge is 0.381 e. The van der Waals surface area contributed by atoms with Gasteiger partial charge in [0, 0.05) is 32.3 Å². The third kappa shape index (κ3) is 4.44. The second-order valence-electron chi connectivity index (χ2n) is 6.82. The summed E-state index contributed by atoms with van der Waals surface area (Å²) in [5, 5.41) is 3.69. The lowest BCUT2D eigenvalue weighted by atomic mass is 9.78. The Bertz CT molecular complexity index is 264. The summed E-state index contributed by atoms with van der Waals surface area (Å²) < 4.78 is 5.63. The van der Waals surface area contributed by atoms with Gasteiger partial charge in [0.05, 0.1) is 0 Å². The van der Waals surface area contributed by atoms with Crippen molar-refractivity contribution in [2.75, 3.05) is 39.4 Å². The molecule has 0 aromatic heterocycles. The molecule has 0 spiro atoms. The van der Waals surface area contributed by atoms with Crippen molar-refractivity contribution in [3.63, 3.8) is 0 Å². The van der Waals surface area contributed by atoms with Gasteiger partial charge in [0.15, 0.2) is 0 Å². The standard InChI is InChI=1S/C17H34N2O/c1-3-10-18-14-17(8-12-20-13-9-17)15-19-11-6-5-7-16(19)4-2/h16,18H,3-15H2,1-2H3. The van der Waals surface area contributed by atoms with Crippen LogP contribution in [0.15, 0.2) is 0 Å². The van der Waals surface area contributed by atoms with Gasteiger partial charge in [-0.1, -0.05) is 20.3 Å². The molecule has 0 aromatic carbocycles. The van der Waals surface area contributed by atoms with E-state index < -0.39 is 0 Å². The van der Waals surface area contributed by atoms with Crippen LogP contribution in [0.5, 0.6) is 0 Å². The van der Waals surface area contributed by atoms with Crippen LogP contribution in [0, 0.1) is 5.41 Å². The van der Waals surface area contributed by atoms with Gasteiger partial charge in [0.25, 0.3) is 0 Å². The molecule has 2 aliphatic heterocycles. The van der Waals surface area contributed by atoms with Crippen molar-refractivity contribution in [1.82, 2.24) is 10.2 Å². The summed E-state index contributed by atoms with van der Waals surface area (Å²) >= 11 is 0. The molecule has 1 N–H and O–H groups in total. The maximum atomic E-state index is 5.63. The SMILES string of the molecule is CCCNCC1(CN2CCCCC2CC)CCOCC1. The zero-order valence-corrected chi connectivity index (χ0v) is 13.6. The number of likely N-dealkylation sites (tertiary alicyclic amines) is 1. The second-order valence-corrected chi connectivity index (χ2v) is 6.82. The number of hydrogen-bond donors (Lipinski definition) is 1. The maximum Gasteiger partial charge on any atom is 0.0472 e. The molecular weight excluding hydrogens is 248 g/mol. The fourth-order valence-corrected chi connectivity index (χ4v) is 3.89. The van der Waals surface area contributed by atoms with Gasteiger partial charge in [-0.3, -0.25) is 4.90 Å². The van der Waals surface area contributed by atoms with Gasteiger partial charge in [-0.15, -0.1) is 0 Å². The molecule has 1 atom stereocenters. The van der Waals surface area contributed by atoms with E-state index in [1.54, 1.807) is 0 Å². The Morgan fingerprint density at radius 1 is 1.20 bits per heavy atom. The van der Waals surface area contributed by atoms with Crippen LogP contribution in [0.3, 0.4) is 0 Å². The van der Waals surface area contributed by atoms with E-state index in [2.05, 4.69) is 24.1 Å². The fraction of sp³-hybridized carbons (Fsp3) is 1.00. The molecule has 0 bridgehead atoms. The summed E-state index contributed by atoms with van der Waals surface area (Å²) in [6.45, 7) is 11.4. The van der Waals surface area contributed by atoms with Crippen LogP contribution in [0.4, 0.5) is 0 Å². The molecule has 3 heteroatoms. The predicted octanol–water partition coefficient (Wildman–Crippen LogP) is 3.05. The zero-order valence-electron chi connectivity index (χ0n) is 13.6. The Labute approximate surface area is 125 Å². The minimum absolute atomic E-state index is 0.457. The van der Waals surface area contributed by atoms with Crippen molar-refractivity contribution in [3.8, 4) is 0 Å². The summed E-state index contributed by atoms with van der Waals surface area (Å²) in [6, 6.07) is 0.828. The molecule has 0 aliphatic carbocycles. The molecule has 3 nitrogen and oxygen atoms in total. The molecule has 0 saturated carbocycles. The zero-order chi connectivity index (χ0) is 14.3. The van der Waals surface area contributed by atoms with Crippen molar-refractivity contribution >= 4 is 0 Å². The summed E-state index contributed by atoms with van der Waals surface area (Å²) in [5.41, 5.74) is 0.457. The van der Waals surface area contributed by atoms with E-state index in [0.717, 1.165) is 25.8 Å². The number of ether oxygens (including phenoxy) is 1. The lowest BCUT2D eigenvalue weighted by Crippen LogP contribution is -2.51. The molecule has 0 amide bonds. The molecule has 20 heavy (non-hydrogen) atoms. The van der Waals surface area contributed by atoms with E-state index in [0.29, 0.717) is 5.41 Å². The maximum absolute atomic E-state index is 5.63. The van der Waals surface area contributed by atoms with Gasteiger partial charge in [-0.2, -0.15) is 0 Å². The molecule has 1 unspecified atom stereocenters. The topological polar surface area (TPSA) is 24.5 Å². The average molecular weight is 282 g/mol. The lowest BCUT2D eigenvalue weighted by molar-refractivity contribution is -0.0177. The van der Waals surface area contributed by atoms with Gasteiger partial charge < -0.3 is 10.1 Å². The highest BCUT2D eigenvalue weighted by molar-refractivity contribution is 4.90. The smallest absolute Gasteiger partial charge is 0.0472 e.